The van der Waals surface area contributed by atoms with Gasteiger partial charge in [-0.05, 0) is 59.7 Å². The van der Waals surface area contributed by atoms with Crippen LogP contribution in [-0.4, -0.2) is 28.7 Å². The van der Waals surface area contributed by atoms with Gasteiger partial charge in [0.2, 0.25) is 0 Å². The highest BCUT2D eigenvalue weighted by Crippen LogP contribution is 2.30. The van der Waals surface area contributed by atoms with E-state index in [0.29, 0.717) is 28.3 Å². The van der Waals surface area contributed by atoms with Gasteiger partial charge in [0.05, 0.1) is 13.5 Å². The molecule has 6 nitrogen and oxygen atoms in total. The van der Waals surface area contributed by atoms with Gasteiger partial charge in [-0.25, -0.2) is 0 Å². The number of aliphatic carboxylic acids is 1. The number of carboxylic acids is 1. The highest BCUT2D eigenvalue weighted by Gasteiger charge is 2.14. The number of methoxy groups -OCH3 is 1. The summed E-state index contributed by atoms with van der Waals surface area (Å²) < 4.78 is 7.52. The van der Waals surface area contributed by atoms with Crippen molar-refractivity contribution in [1.29, 1.82) is 0 Å². The van der Waals surface area contributed by atoms with Gasteiger partial charge in [-0.1, -0.05) is 23.7 Å². The number of fused-ring (bicyclic) bond motifs is 1. The molecular weight excluding hydrogens is 440 g/mol. The molecule has 33 heavy (non-hydrogen) atoms. The molecule has 0 fully saturated rings. The third-order valence-corrected chi connectivity index (χ3v) is 5.76. The molecule has 0 aliphatic rings. The first-order valence-corrected chi connectivity index (χ1v) is 10.7. The first-order valence-electron chi connectivity index (χ1n) is 10.4. The predicted octanol–water partition coefficient (Wildman–Crippen LogP) is 5.31. The van der Waals surface area contributed by atoms with Gasteiger partial charge >= 0.3 is 5.97 Å². The van der Waals surface area contributed by atoms with Gasteiger partial charge in [0.1, 0.15) is 5.75 Å². The standard InChI is InChI=1S/C26H23ClN2O4/c1-29-15-19(12-18-13-20(27)6-10-24(18)33-2)22-14-17(5-9-23(22)29)26(32)28-21-7-3-16(4-8-21)11-25(30)31/h3-10,13-15H,11-12H2,1-2H3,(H,28,32)(H,30,31). The molecule has 168 valence electrons. The van der Waals surface area contributed by atoms with Crippen LogP contribution < -0.4 is 10.1 Å². The van der Waals surface area contributed by atoms with E-state index < -0.39 is 5.97 Å². The van der Waals surface area contributed by atoms with Gasteiger partial charge in [-0.3, -0.25) is 9.59 Å². The van der Waals surface area contributed by atoms with Crippen molar-refractivity contribution in [3.63, 3.8) is 0 Å². The molecule has 7 heteroatoms. The molecular formula is C26H23ClN2O4. The Morgan fingerprint density at radius 1 is 1.03 bits per heavy atom. The Labute approximate surface area is 196 Å². The second kappa shape index (κ2) is 9.38. The van der Waals surface area contributed by atoms with Crippen LogP contribution in [-0.2, 0) is 24.7 Å². The summed E-state index contributed by atoms with van der Waals surface area (Å²) in [6.45, 7) is 0. The van der Waals surface area contributed by atoms with Gasteiger partial charge in [0.15, 0.2) is 0 Å². The molecule has 0 saturated heterocycles. The quantitative estimate of drug-likeness (QED) is 0.390. The smallest absolute Gasteiger partial charge is 0.307 e. The minimum Gasteiger partial charge on any atom is -0.496 e. The molecule has 4 rings (SSSR count). The molecule has 1 amide bonds. The zero-order valence-corrected chi connectivity index (χ0v) is 19.0. The fourth-order valence-corrected chi connectivity index (χ4v) is 4.12. The number of nitrogens with one attached hydrogen (secondary N) is 1. The summed E-state index contributed by atoms with van der Waals surface area (Å²) in [5.74, 6) is -0.371. The zero-order valence-electron chi connectivity index (χ0n) is 18.3. The number of hydrogen-bond donors (Lipinski definition) is 2. The lowest BCUT2D eigenvalue weighted by Crippen LogP contribution is -2.12. The lowest BCUT2D eigenvalue weighted by Gasteiger charge is -2.09. The van der Waals surface area contributed by atoms with E-state index in [1.807, 2.05) is 42.1 Å². The maximum atomic E-state index is 12.9. The summed E-state index contributed by atoms with van der Waals surface area (Å²) in [6.07, 6.45) is 2.60. The molecule has 1 heterocycles. The summed E-state index contributed by atoms with van der Waals surface area (Å²) in [7, 11) is 3.60. The number of ether oxygens (including phenoxy) is 1. The van der Waals surface area contributed by atoms with Gasteiger partial charge in [-0.15, -0.1) is 0 Å². The molecule has 0 spiro atoms. The van der Waals surface area contributed by atoms with Crippen LogP contribution in [0.3, 0.4) is 0 Å². The number of nitrogens with zero attached hydrogens (tertiary/aromatic N) is 1. The van der Waals surface area contributed by atoms with E-state index in [0.717, 1.165) is 27.8 Å². The van der Waals surface area contributed by atoms with Crippen molar-refractivity contribution in [1.82, 2.24) is 4.57 Å². The lowest BCUT2D eigenvalue weighted by molar-refractivity contribution is -0.136. The first kappa shape index (κ1) is 22.4. The molecule has 1 aromatic heterocycles. The number of anilines is 1. The Kier molecular flexibility index (Phi) is 6.38. The summed E-state index contributed by atoms with van der Waals surface area (Å²) in [5.41, 5.74) is 4.84. The molecule has 3 aromatic carbocycles. The second-order valence-electron chi connectivity index (χ2n) is 7.85. The average Bonchev–Trinajstić information content (AvgIpc) is 3.09. The topological polar surface area (TPSA) is 80.6 Å². The number of carbonyl (C=O) groups is 2. The monoisotopic (exact) mass is 462 g/mol. The van der Waals surface area contributed by atoms with Crippen molar-refractivity contribution in [3.8, 4) is 5.75 Å². The summed E-state index contributed by atoms with van der Waals surface area (Å²) >= 11 is 6.20. The first-order chi connectivity index (χ1) is 15.8. The Morgan fingerprint density at radius 2 is 1.79 bits per heavy atom. The van der Waals surface area contributed by atoms with Crippen molar-refractivity contribution in [3.05, 3.63) is 94.1 Å². The van der Waals surface area contributed by atoms with E-state index in [1.165, 1.54) is 0 Å². The SMILES string of the molecule is COc1ccc(Cl)cc1Cc1cn(C)c2ccc(C(=O)Nc3ccc(CC(=O)O)cc3)cc12. The van der Waals surface area contributed by atoms with Crippen LogP contribution in [0.2, 0.25) is 5.02 Å². The van der Waals surface area contributed by atoms with Crippen LogP contribution in [0.5, 0.6) is 5.75 Å². The van der Waals surface area contributed by atoms with Gasteiger partial charge in [-0.2, -0.15) is 0 Å². The zero-order chi connectivity index (χ0) is 23.5. The molecule has 0 aliphatic carbocycles. The Bertz CT molecular complexity index is 1340. The second-order valence-corrected chi connectivity index (χ2v) is 8.29. The Balaban J connectivity index is 1.60. The van der Waals surface area contributed by atoms with Crippen LogP contribution in [0.1, 0.15) is 27.0 Å². The third-order valence-electron chi connectivity index (χ3n) is 5.52. The molecule has 0 saturated carbocycles. The van der Waals surface area contributed by atoms with Crippen LogP contribution in [0.25, 0.3) is 10.9 Å². The van der Waals surface area contributed by atoms with Gasteiger partial charge in [0, 0.05) is 52.4 Å². The number of benzene rings is 3. The molecule has 0 unspecified atom stereocenters. The number of hydrogen-bond acceptors (Lipinski definition) is 3. The number of carboxylic acid groups (broad SMARTS) is 1. The van der Waals surface area contributed by atoms with Crippen LogP contribution in [0.4, 0.5) is 5.69 Å². The van der Waals surface area contributed by atoms with Crippen molar-refractivity contribution >= 4 is 40.1 Å². The summed E-state index contributed by atoms with van der Waals surface area (Å²) in [5, 5.41) is 13.4. The number of rotatable bonds is 7. The van der Waals surface area contributed by atoms with E-state index in [4.69, 9.17) is 21.4 Å². The maximum absolute atomic E-state index is 12.9. The largest absolute Gasteiger partial charge is 0.496 e. The van der Waals surface area contributed by atoms with Crippen LogP contribution >= 0.6 is 11.6 Å². The van der Waals surface area contributed by atoms with E-state index in [2.05, 4.69) is 5.32 Å². The van der Waals surface area contributed by atoms with Crippen molar-refractivity contribution in [2.45, 2.75) is 12.8 Å². The minimum atomic E-state index is -0.894. The molecule has 0 atom stereocenters. The normalized spacial score (nSPS) is 10.9. The van der Waals surface area contributed by atoms with Crippen molar-refractivity contribution in [2.24, 2.45) is 7.05 Å². The Morgan fingerprint density at radius 3 is 2.48 bits per heavy atom. The summed E-state index contributed by atoms with van der Waals surface area (Å²) in [4.78, 5) is 23.7. The molecule has 0 radical (unpaired) electrons. The highest BCUT2D eigenvalue weighted by atomic mass is 35.5. The number of aryl methyl sites for hydroxylation is 1. The van der Waals surface area contributed by atoms with Crippen molar-refractivity contribution < 1.29 is 19.4 Å². The summed E-state index contributed by atoms with van der Waals surface area (Å²) in [6, 6.07) is 17.9. The van der Waals surface area contributed by atoms with Gasteiger partial charge < -0.3 is 19.7 Å². The molecule has 2 N–H and O–H groups in total. The van der Waals surface area contributed by atoms with E-state index in [9.17, 15) is 9.59 Å². The highest BCUT2D eigenvalue weighted by molar-refractivity contribution is 6.30. The fourth-order valence-electron chi connectivity index (χ4n) is 3.93. The third kappa shape index (κ3) is 5.02. The van der Waals surface area contributed by atoms with Crippen LogP contribution in [0.15, 0.2) is 66.9 Å². The van der Waals surface area contributed by atoms with E-state index in [1.54, 1.807) is 43.5 Å². The number of carbonyl (C=O) groups excluding carboxylic acids is 1. The van der Waals surface area contributed by atoms with Gasteiger partial charge in [0.25, 0.3) is 5.91 Å². The average molecular weight is 463 g/mol. The van der Waals surface area contributed by atoms with Crippen LogP contribution in [0, 0.1) is 0 Å². The number of amides is 1. The molecule has 0 bridgehead atoms. The van der Waals surface area contributed by atoms with E-state index in [-0.39, 0.29) is 12.3 Å². The Hall–Kier alpha value is -3.77. The number of halogens is 1. The predicted molar refractivity (Wildman–Crippen MR) is 129 cm³/mol. The molecule has 0 aliphatic heterocycles. The lowest BCUT2D eigenvalue weighted by atomic mass is 10.0. The van der Waals surface area contributed by atoms with E-state index >= 15 is 0 Å². The molecule has 4 aromatic rings. The maximum Gasteiger partial charge on any atom is 0.307 e. The van der Waals surface area contributed by atoms with Crippen molar-refractivity contribution in [2.75, 3.05) is 12.4 Å². The minimum absolute atomic E-state index is 0.0565. The number of aromatic nitrogens is 1. The fraction of sp³-hybridized carbons (Fsp3) is 0.154.